The molecule has 0 radical (unpaired) electrons. The first-order valence-corrected chi connectivity index (χ1v) is 9.20. The van der Waals surface area contributed by atoms with Gasteiger partial charge in [0, 0.05) is 11.0 Å². The lowest BCUT2D eigenvalue weighted by molar-refractivity contribution is 0.293. The maximum atomic E-state index is 12.2. The second kappa shape index (κ2) is 7.50. The van der Waals surface area contributed by atoms with Crippen LogP contribution in [0, 0.1) is 20.8 Å². The molecule has 0 atom stereocenters. The van der Waals surface area contributed by atoms with E-state index in [0.717, 1.165) is 22.4 Å². The molecule has 0 saturated heterocycles. The van der Waals surface area contributed by atoms with E-state index in [1.165, 1.54) is 4.57 Å². The molecule has 0 fully saturated rings. The largest absolute Gasteiger partial charge is 0.493 e. The number of ether oxygens (including phenoxy) is 1. The Morgan fingerprint density at radius 3 is 2.50 bits per heavy atom. The van der Waals surface area contributed by atoms with E-state index in [1.54, 1.807) is 6.07 Å². The standard InChI is InChI=1S/C20H20BrNO4/c1-12-10-15-17(16(21)11-12)22(20(24)26-19(15)23)8-5-9-25-18-13(2)6-4-7-14(18)3/h4,6-7,10-11H,5,8-9H2,1-3H3. The molecule has 3 rings (SSSR count). The highest BCUT2D eigenvalue weighted by molar-refractivity contribution is 9.10. The molecule has 0 bridgehead atoms. The third kappa shape index (κ3) is 3.60. The summed E-state index contributed by atoms with van der Waals surface area (Å²) >= 11 is 3.46. The molecule has 5 nitrogen and oxygen atoms in total. The first-order valence-electron chi connectivity index (χ1n) is 8.41. The summed E-state index contributed by atoms with van der Waals surface area (Å²) in [5, 5.41) is 0.396. The number of aryl methyl sites for hydroxylation is 4. The van der Waals surface area contributed by atoms with Gasteiger partial charge in [-0.15, -0.1) is 0 Å². The number of fused-ring (bicyclic) bond motifs is 1. The highest BCUT2D eigenvalue weighted by Gasteiger charge is 2.13. The number of hydrogen-bond acceptors (Lipinski definition) is 4. The Balaban J connectivity index is 1.84. The zero-order valence-corrected chi connectivity index (χ0v) is 16.6. The summed E-state index contributed by atoms with van der Waals surface area (Å²) in [5.41, 5.74) is 3.02. The number of benzene rings is 2. The Labute approximate surface area is 159 Å². The van der Waals surface area contributed by atoms with Crippen molar-refractivity contribution in [2.75, 3.05) is 6.61 Å². The van der Waals surface area contributed by atoms with Crippen molar-refractivity contribution in [3.63, 3.8) is 0 Å². The maximum absolute atomic E-state index is 12.2. The molecular formula is C20H20BrNO4. The summed E-state index contributed by atoms with van der Waals surface area (Å²) in [5.74, 6) is 0.222. The van der Waals surface area contributed by atoms with Crippen LogP contribution in [-0.2, 0) is 6.54 Å². The van der Waals surface area contributed by atoms with Gasteiger partial charge >= 0.3 is 11.4 Å². The third-order valence-electron chi connectivity index (χ3n) is 4.28. The SMILES string of the molecule is Cc1cc(Br)c2c(c1)c(=O)oc(=O)n2CCCOc1c(C)cccc1C. The molecule has 0 N–H and O–H groups in total. The minimum atomic E-state index is -0.654. The second-order valence-corrected chi connectivity index (χ2v) is 7.23. The highest BCUT2D eigenvalue weighted by Crippen LogP contribution is 2.24. The molecular weight excluding hydrogens is 398 g/mol. The average molecular weight is 418 g/mol. The fourth-order valence-corrected chi connectivity index (χ4v) is 3.86. The van der Waals surface area contributed by atoms with Crippen LogP contribution in [0.3, 0.4) is 0 Å². The zero-order valence-electron chi connectivity index (χ0n) is 15.0. The van der Waals surface area contributed by atoms with Crippen LogP contribution in [0.15, 0.2) is 48.8 Å². The highest BCUT2D eigenvalue weighted by atomic mass is 79.9. The van der Waals surface area contributed by atoms with Crippen molar-refractivity contribution in [2.24, 2.45) is 0 Å². The molecule has 1 aromatic heterocycles. The quantitative estimate of drug-likeness (QED) is 0.585. The molecule has 1 heterocycles. The number of nitrogens with zero attached hydrogens (tertiary/aromatic N) is 1. The fraction of sp³-hybridized carbons (Fsp3) is 0.300. The molecule has 0 unspecified atom stereocenters. The molecule has 136 valence electrons. The van der Waals surface area contributed by atoms with Gasteiger partial charge in [0.2, 0.25) is 0 Å². The summed E-state index contributed by atoms with van der Waals surface area (Å²) in [4.78, 5) is 24.2. The Bertz CT molecular complexity index is 1060. The third-order valence-corrected chi connectivity index (χ3v) is 4.88. The summed E-state index contributed by atoms with van der Waals surface area (Å²) in [6.07, 6.45) is 0.608. The number of para-hydroxylation sites is 1. The Morgan fingerprint density at radius 2 is 1.81 bits per heavy atom. The second-order valence-electron chi connectivity index (χ2n) is 6.37. The molecule has 0 spiro atoms. The minimum Gasteiger partial charge on any atom is -0.493 e. The van der Waals surface area contributed by atoms with Crippen LogP contribution >= 0.6 is 15.9 Å². The van der Waals surface area contributed by atoms with Crippen molar-refractivity contribution in [1.29, 1.82) is 0 Å². The molecule has 0 aliphatic heterocycles. The molecule has 3 aromatic rings. The van der Waals surface area contributed by atoms with Gasteiger partial charge in [-0.25, -0.2) is 9.59 Å². The molecule has 0 amide bonds. The molecule has 26 heavy (non-hydrogen) atoms. The molecule has 0 saturated carbocycles. The van der Waals surface area contributed by atoms with Crippen LogP contribution in [0.4, 0.5) is 0 Å². The van der Waals surface area contributed by atoms with Gasteiger partial charge in [0.25, 0.3) is 0 Å². The van der Waals surface area contributed by atoms with E-state index in [2.05, 4.69) is 15.9 Å². The molecule has 0 aliphatic rings. The van der Waals surface area contributed by atoms with Gasteiger partial charge in [-0.3, -0.25) is 4.57 Å². The number of rotatable bonds is 5. The van der Waals surface area contributed by atoms with Gasteiger partial charge in [-0.1, -0.05) is 18.2 Å². The van der Waals surface area contributed by atoms with Gasteiger partial charge in [0.1, 0.15) is 5.75 Å². The predicted octanol–water partition coefficient (Wildman–Crippen LogP) is 4.11. The van der Waals surface area contributed by atoms with Gasteiger partial charge in [-0.05, 0) is 71.9 Å². The summed E-state index contributed by atoms with van der Waals surface area (Å²) in [6.45, 7) is 6.75. The van der Waals surface area contributed by atoms with Crippen molar-refractivity contribution in [1.82, 2.24) is 4.57 Å². The summed E-state index contributed by atoms with van der Waals surface area (Å²) in [7, 11) is 0. The van der Waals surface area contributed by atoms with Crippen LogP contribution in [0.5, 0.6) is 5.75 Å². The van der Waals surface area contributed by atoms with Gasteiger partial charge < -0.3 is 9.15 Å². The Morgan fingerprint density at radius 1 is 1.12 bits per heavy atom. The van der Waals surface area contributed by atoms with E-state index in [1.807, 2.05) is 45.0 Å². The molecule has 0 aliphatic carbocycles. The normalized spacial score (nSPS) is 11.1. The molecule has 6 heteroatoms. The Hall–Kier alpha value is -2.34. The van der Waals surface area contributed by atoms with Crippen molar-refractivity contribution < 1.29 is 9.15 Å². The van der Waals surface area contributed by atoms with E-state index in [-0.39, 0.29) is 0 Å². The average Bonchev–Trinajstić information content (AvgIpc) is 2.56. The van der Waals surface area contributed by atoms with E-state index < -0.39 is 11.4 Å². The summed E-state index contributed by atoms with van der Waals surface area (Å²) in [6, 6.07) is 9.62. The van der Waals surface area contributed by atoms with Crippen molar-refractivity contribution in [3.05, 3.63) is 72.5 Å². The lowest BCUT2D eigenvalue weighted by atomic mass is 10.1. The Kier molecular flexibility index (Phi) is 5.32. The van der Waals surface area contributed by atoms with Gasteiger partial charge in [0.15, 0.2) is 0 Å². The van der Waals surface area contributed by atoms with E-state index in [9.17, 15) is 9.59 Å². The van der Waals surface area contributed by atoms with Crippen molar-refractivity contribution in [3.8, 4) is 5.75 Å². The summed E-state index contributed by atoms with van der Waals surface area (Å²) < 4.78 is 13.0. The predicted molar refractivity (Wildman–Crippen MR) is 105 cm³/mol. The topological polar surface area (TPSA) is 61.4 Å². The van der Waals surface area contributed by atoms with Crippen LogP contribution < -0.4 is 16.1 Å². The fourth-order valence-electron chi connectivity index (χ4n) is 3.07. The maximum Gasteiger partial charge on any atom is 0.422 e. The van der Waals surface area contributed by atoms with Crippen LogP contribution in [-0.4, -0.2) is 11.2 Å². The van der Waals surface area contributed by atoms with Crippen molar-refractivity contribution >= 4 is 26.8 Å². The lowest BCUT2D eigenvalue weighted by Crippen LogP contribution is -2.26. The number of halogens is 1. The lowest BCUT2D eigenvalue weighted by Gasteiger charge is -2.13. The first kappa shape index (κ1) is 18.5. The van der Waals surface area contributed by atoms with Gasteiger partial charge in [-0.2, -0.15) is 0 Å². The van der Waals surface area contributed by atoms with E-state index in [0.29, 0.717) is 34.9 Å². The van der Waals surface area contributed by atoms with Crippen LogP contribution in [0.2, 0.25) is 0 Å². The van der Waals surface area contributed by atoms with Gasteiger partial charge in [0.05, 0.1) is 17.5 Å². The number of hydrogen-bond donors (Lipinski definition) is 0. The van der Waals surface area contributed by atoms with Crippen LogP contribution in [0.1, 0.15) is 23.1 Å². The zero-order chi connectivity index (χ0) is 18.8. The van der Waals surface area contributed by atoms with E-state index in [4.69, 9.17) is 9.15 Å². The monoisotopic (exact) mass is 417 g/mol. The first-order chi connectivity index (χ1) is 12.4. The number of aromatic nitrogens is 1. The van der Waals surface area contributed by atoms with Crippen molar-refractivity contribution in [2.45, 2.75) is 33.7 Å². The smallest absolute Gasteiger partial charge is 0.422 e. The van der Waals surface area contributed by atoms with Crippen LogP contribution in [0.25, 0.3) is 10.9 Å². The minimum absolute atomic E-state index is 0.395. The van der Waals surface area contributed by atoms with E-state index >= 15 is 0 Å². The molecule has 2 aromatic carbocycles.